The molecule has 5 nitrogen and oxygen atoms in total. The minimum atomic E-state index is -0.610. The number of hydrogen-bond acceptors (Lipinski definition) is 5. The minimum Gasteiger partial charge on any atom is -0.456 e. The van der Waals surface area contributed by atoms with Crippen molar-refractivity contribution in [1.29, 1.82) is 0 Å². The highest BCUT2D eigenvalue weighted by Gasteiger charge is 2.52. The average Bonchev–Trinajstić information content (AvgIpc) is 2.56. The van der Waals surface area contributed by atoms with E-state index < -0.39 is 29.9 Å². The van der Waals surface area contributed by atoms with Gasteiger partial charge in [0.2, 0.25) is 0 Å². The zero-order chi connectivity index (χ0) is 17.6. The third-order valence-electron chi connectivity index (χ3n) is 4.00. The molecule has 0 atom stereocenters. The Bertz CT molecular complexity index is 609. The summed E-state index contributed by atoms with van der Waals surface area (Å²) >= 11 is 6.05. The maximum atomic E-state index is 12.3. The van der Waals surface area contributed by atoms with Crippen LogP contribution in [0.2, 0.25) is 5.15 Å². The van der Waals surface area contributed by atoms with Crippen LogP contribution in [0.1, 0.15) is 58.8 Å². The molecule has 1 aromatic rings. The molecule has 1 aliphatic heterocycles. The van der Waals surface area contributed by atoms with Gasteiger partial charge >= 0.3 is 13.1 Å². The van der Waals surface area contributed by atoms with Crippen molar-refractivity contribution in [3.63, 3.8) is 0 Å². The first-order valence-corrected chi connectivity index (χ1v) is 7.95. The number of carbonyl (C=O) groups is 1. The van der Waals surface area contributed by atoms with Crippen molar-refractivity contribution in [2.24, 2.45) is 0 Å². The highest BCUT2D eigenvalue weighted by atomic mass is 35.5. The van der Waals surface area contributed by atoms with Gasteiger partial charge in [0.25, 0.3) is 0 Å². The van der Waals surface area contributed by atoms with Crippen LogP contribution in [0.15, 0.2) is 12.3 Å². The molecule has 0 radical (unpaired) electrons. The van der Waals surface area contributed by atoms with E-state index in [1.807, 2.05) is 27.7 Å². The molecule has 2 rings (SSSR count). The van der Waals surface area contributed by atoms with Crippen molar-refractivity contribution >= 4 is 30.2 Å². The van der Waals surface area contributed by atoms with E-state index in [9.17, 15) is 4.79 Å². The standard InChI is InChI=1S/C16H23BClNO4/c1-14(2,3)21-13(20)11-8-10(9-19-12(11)18)17-22-15(4,5)16(6,7)23-17/h8-9H,1-7H3. The molecule has 126 valence electrons. The summed E-state index contributed by atoms with van der Waals surface area (Å²) in [6, 6.07) is 1.62. The molecule has 1 fully saturated rings. The fourth-order valence-corrected chi connectivity index (χ4v) is 2.23. The molecule has 1 aliphatic rings. The van der Waals surface area contributed by atoms with Crippen molar-refractivity contribution in [1.82, 2.24) is 4.98 Å². The van der Waals surface area contributed by atoms with Crippen LogP contribution in [0.5, 0.6) is 0 Å². The van der Waals surface area contributed by atoms with Gasteiger partial charge in [0.15, 0.2) is 0 Å². The molecule has 0 amide bonds. The molecule has 0 aliphatic carbocycles. The monoisotopic (exact) mass is 339 g/mol. The number of rotatable bonds is 2. The second-order valence-electron chi connectivity index (χ2n) is 7.70. The molecule has 1 aromatic heterocycles. The van der Waals surface area contributed by atoms with Gasteiger partial charge in [-0.3, -0.25) is 0 Å². The Morgan fingerprint density at radius 1 is 1.22 bits per heavy atom. The molecule has 0 aromatic carbocycles. The molecule has 0 bridgehead atoms. The summed E-state index contributed by atoms with van der Waals surface area (Å²) in [5.74, 6) is -0.520. The van der Waals surface area contributed by atoms with Crippen molar-refractivity contribution < 1.29 is 18.8 Å². The molecule has 1 saturated heterocycles. The lowest BCUT2D eigenvalue weighted by atomic mass is 9.80. The van der Waals surface area contributed by atoms with Gasteiger partial charge in [-0.15, -0.1) is 0 Å². The van der Waals surface area contributed by atoms with E-state index in [4.69, 9.17) is 25.6 Å². The third kappa shape index (κ3) is 3.87. The van der Waals surface area contributed by atoms with Crippen LogP contribution in [0.25, 0.3) is 0 Å². The van der Waals surface area contributed by atoms with Gasteiger partial charge in [-0.05, 0) is 54.5 Å². The SMILES string of the molecule is CC(C)(C)OC(=O)c1cc(B2OC(C)(C)C(C)(C)O2)cnc1Cl. The fraction of sp³-hybridized carbons (Fsp3) is 0.625. The highest BCUT2D eigenvalue weighted by Crippen LogP contribution is 2.36. The summed E-state index contributed by atoms with van der Waals surface area (Å²) in [6.45, 7) is 13.2. The fourth-order valence-electron chi connectivity index (χ4n) is 2.05. The zero-order valence-corrected chi connectivity index (χ0v) is 15.4. The third-order valence-corrected chi connectivity index (χ3v) is 4.31. The predicted octanol–water partition coefficient (Wildman–Crippen LogP) is 2.99. The lowest BCUT2D eigenvalue weighted by Gasteiger charge is -2.32. The van der Waals surface area contributed by atoms with Gasteiger partial charge in [-0.25, -0.2) is 9.78 Å². The Morgan fingerprint density at radius 3 is 2.22 bits per heavy atom. The number of carbonyl (C=O) groups excluding carboxylic acids is 1. The Balaban J connectivity index is 2.30. The number of pyridine rings is 1. The lowest BCUT2D eigenvalue weighted by Crippen LogP contribution is -2.41. The first-order chi connectivity index (χ1) is 10.3. The number of nitrogens with zero attached hydrogens (tertiary/aromatic N) is 1. The number of aromatic nitrogens is 1. The Morgan fingerprint density at radius 2 is 1.74 bits per heavy atom. The van der Waals surface area contributed by atoms with Crippen molar-refractivity contribution in [3.05, 3.63) is 23.0 Å². The molecular weight excluding hydrogens is 316 g/mol. The predicted molar refractivity (Wildman–Crippen MR) is 90.1 cm³/mol. The number of ether oxygens (including phenoxy) is 1. The van der Waals surface area contributed by atoms with Gasteiger partial charge in [0, 0.05) is 11.7 Å². The second-order valence-corrected chi connectivity index (χ2v) is 8.06. The van der Waals surface area contributed by atoms with Crippen molar-refractivity contribution in [3.8, 4) is 0 Å². The van der Waals surface area contributed by atoms with Gasteiger partial charge < -0.3 is 14.0 Å². The summed E-state index contributed by atoms with van der Waals surface area (Å²) in [4.78, 5) is 16.3. The highest BCUT2D eigenvalue weighted by molar-refractivity contribution is 6.62. The van der Waals surface area contributed by atoms with Crippen LogP contribution in [0.4, 0.5) is 0 Å². The quantitative estimate of drug-likeness (QED) is 0.471. The van der Waals surface area contributed by atoms with Crippen molar-refractivity contribution in [2.75, 3.05) is 0 Å². The normalized spacial score (nSPS) is 19.7. The van der Waals surface area contributed by atoms with Crippen LogP contribution < -0.4 is 5.46 Å². The topological polar surface area (TPSA) is 57.7 Å². The van der Waals surface area contributed by atoms with Gasteiger partial charge in [-0.2, -0.15) is 0 Å². The lowest BCUT2D eigenvalue weighted by molar-refractivity contribution is 0.00578. The Kier molecular flexibility index (Phi) is 4.57. The summed E-state index contributed by atoms with van der Waals surface area (Å²) in [5.41, 5.74) is -0.712. The number of esters is 1. The Hall–Kier alpha value is -1.11. The smallest absolute Gasteiger partial charge is 0.456 e. The van der Waals surface area contributed by atoms with Crippen LogP contribution >= 0.6 is 11.6 Å². The van der Waals surface area contributed by atoms with E-state index in [1.54, 1.807) is 33.0 Å². The van der Waals surface area contributed by atoms with E-state index in [0.717, 1.165) is 0 Å². The molecule has 0 spiro atoms. The largest absolute Gasteiger partial charge is 0.496 e. The number of halogens is 1. The summed E-state index contributed by atoms with van der Waals surface area (Å²) in [5, 5.41) is 0.0968. The van der Waals surface area contributed by atoms with Gasteiger partial charge in [-0.1, -0.05) is 11.6 Å². The van der Waals surface area contributed by atoms with E-state index >= 15 is 0 Å². The molecule has 0 N–H and O–H groups in total. The summed E-state index contributed by atoms with van der Waals surface area (Å²) in [7, 11) is -0.606. The maximum Gasteiger partial charge on any atom is 0.496 e. The van der Waals surface area contributed by atoms with Crippen LogP contribution in [-0.2, 0) is 14.0 Å². The molecule has 7 heteroatoms. The van der Waals surface area contributed by atoms with E-state index in [1.165, 1.54) is 0 Å². The maximum absolute atomic E-state index is 12.3. The Labute approximate surface area is 142 Å². The van der Waals surface area contributed by atoms with Crippen LogP contribution in [0.3, 0.4) is 0 Å². The van der Waals surface area contributed by atoms with Crippen molar-refractivity contribution in [2.45, 2.75) is 65.3 Å². The van der Waals surface area contributed by atoms with Gasteiger partial charge in [0.1, 0.15) is 10.8 Å². The van der Waals surface area contributed by atoms with E-state index in [-0.39, 0.29) is 10.7 Å². The summed E-state index contributed by atoms with van der Waals surface area (Å²) < 4.78 is 17.3. The minimum absolute atomic E-state index is 0.0968. The first-order valence-electron chi connectivity index (χ1n) is 7.57. The molecule has 0 saturated carbocycles. The van der Waals surface area contributed by atoms with Crippen LogP contribution in [-0.4, -0.2) is 34.9 Å². The number of hydrogen-bond donors (Lipinski definition) is 0. The second kappa shape index (κ2) is 5.76. The first kappa shape index (κ1) is 18.2. The molecule has 0 unspecified atom stereocenters. The summed E-state index contributed by atoms with van der Waals surface area (Å²) in [6.07, 6.45) is 1.55. The van der Waals surface area contributed by atoms with E-state index in [2.05, 4.69) is 4.98 Å². The molecule has 2 heterocycles. The average molecular weight is 340 g/mol. The molecular formula is C16H23BClNO4. The zero-order valence-electron chi connectivity index (χ0n) is 14.7. The van der Waals surface area contributed by atoms with Gasteiger partial charge in [0.05, 0.1) is 16.8 Å². The molecule has 23 heavy (non-hydrogen) atoms. The van der Waals surface area contributed by atoms with E-state index in [0.29, 0.717) is 5.46 Å². The van der Waals surface area contributed by atoms with Crippen LogP contribution in [0, 0.1) is 0 Å².